The Kier molecular flexibility index (Phi) is 8.96. The minimum absolute atomic E-state index is 0.0279. The fourth-order valence-corrected chi connectivity index (χ4v) is 5.07. The number of nitrogens with zero attached hydrogens (tertiary/aromatic N) is 2. The van der Waals surface area contributed by atoms with Gasteiger partial charge in [-0.05, 0) is 80.1 Å². The Hall–Kier alpha value is -2.24. The summed E-state index contributed by atoms with van der Waals surface area (Å²) in [6, 6.07) is 21.9. The number of morpholine rings is 1. The first-order valence-corrected chi connectivity index (χ1v) is 13.7. The molecule has 180 valence electrons. The topological polar surface area (TPSA) is 49.9 Å². The van der Waals surface area contributed by atoms with Crippen LogP contribution in [0.5, 0.6) is 0 Å². The van der Waals surface area contributed by atoms with Gasteiger partial charge >= 0.3 is 6.03 Å². The quantitative estimate of drug-likeness (QED) is 0.206. The number of rotatable bonds is 6. The van der Waals surface area contributed by atoms with Crippen molar-refractivity contribution in [3.05, 3.63) is 91.1 Å². The molecule has 0 bridgehead atoms. The molecule has 0 unspecified atom stereocenters. The fourth-order valence-electron chi connectivity index (χ4n) is 3.99. The van der Waals surface area contributed by atoms with Gasteiger partial charge in [-0.3, -0.25) is 9.69 Å². The van der Waals surface area contributed by atoms with E-state index in [4.69, 9.17) is 4.74 Å². The molecule has 1 aliphatic heterocycles. The van der Waals surface area contributed by atoms with Gasteiger partial charge < -0.3 is 9.64 Å². The predicted octanol–water partition coefficient (Wildman–Crippen LogP) is 7.03. The van der Waals surface area contributed by atoms with Crippen LogP contribution in [0.4, 0.5) is 10.5 Å². The van der Waals surface area contributed by atoms with Gasteiger partial charge in [0.05, 0.1) is 19.8 Å². The van der Waals surface area contributed by atoms with Crippen LogP contribution in [0.1, 0.15) is 28.4 Å². The first kappa shape index (κ1) is 25.8. The van der Waals surface area contributed by atoms with Gasteiger partial charge in [-0.2, -0.15) is 0 Å². The largest absolute Gasteiger partial charge is 0.378 e. The highest BCUT2D eigenvalue weighted by molar-refractivity contribution is 14.1. The molecule has 5 nitrogen and oxygen atoms in total. The van der Waals surface area contributed by atoms with Crippen LogP contribution in [0.2, 0.25) is 0 Å². The van der Waals surface area contributed by atoms with Crippen LogP contribution in [0.25, 0.3) is 17.2 Å². The zero-order valence-electron chi connectivity index (χ0n) is 19.4. The molecule has 0 atom stereocenters. The predicted molar refractivity (Wildman–Crippen MR) is 158 cm³/mol. The standard InChI is InChI=1S/C28H26I2N2O3/c1-20(33)22-7-5-21(6-8-22)19-32(28(34)31-13-15-35-16-14-31)26-4-2-3-24(17-26)25-10-9-23(11-12-29)27(30)18-25/h2-12,17-18H,13-16,19H2,1H3/b12-11-. The van der Waals surface area contributed by atoms with E-state index in [0.29, 0.717) is 38.4 Å². The Morgan fingerprint density at radius 3 is 2.37 bits per heavy atom. The second-order valence-corrected chi connectivity index (χ2v) is 10.2. The second-order valence-electron chi connectivity index (χ2n) is 8.30. The molecule has 1 fully saturated rings. The minimum Gasteiger partial charge on any atom is -0.378 e. The maximum absolute atomic E-state index is 13.6. The van der Waals surface area contributed by atoms with Gasteiger partial charge in [0.2, 0.25) is 0 Å². The van der Waals surface area contributed by atoms with Crippen LogP contribution in [-0.4, -0.2) is 43.0 Å². The zero-order chi connectivity index (χ0) is 24.8. The summed E-state index contributed by atoms with van der Waals surface area (Å²) in [5.74, 6) is 0.0279. The van der Waals surface area contributed by atoms with Crippen molar-refractivity contribution < 1.29 is 14.3 Å². The Morgan fingerprint density at radius 1 is 1.00 bits per heavy atom. The Morgan fingerprint density at radius 2 is 1.71 bits per heavy atom. The molecule has 7 heteroatoms. The molecule has 0 N–H and O–H groups in total. The van der Waals surface area contributed by atoms with E-state index in [1.165, 1.54) is 9.13 Å². The van der Waals surface area contributed by atoms with Crippen molar-refractivity contribution in [3.8, 4) is 11.1 Å². The molecule has 4 rings (SSSR count). The smallest absolute Gasteiger partial charge is 0.324 e. The monoisotopic (exact) mass is 692 g/mol. The summed E-state index contributed by atoms with van der Waals surface area (Å²) in [7, 11) is 0. The number of ether oxygens (including phenoxy) is 1. The third kappa shape index (κ3) is 6.50. The number of hydrogen-bond donors (Lipinski definition) is 0. The van der Waals surface area contributed by atoms with E-state index in [2.05, 4.69) is 81.6 Å². The van der Waals surface area contributed by atoms with Gasteiger partial charge in [0.25, 0.3) is 0 Å². The van der Waals surface area contributed by atoms with Crippen LogP contribution in [0, 0.1) is 3.57 Å². The highest BCUT2D eigenvalue weighted by Crippen LogP contribution is 2.29. The number of benzene rings is 3. The first-order valence-electron chi connectivity index (χ1n) is 11.4. The third-order valence-corrected chi connectivity index (χ3v) is 7.24. The number of hydrogen-bond acceptors (Lipinski definition) is 3. The normalized spacial score (nSPS) is 13.7. The molecule has 0 saturated carbocycles. The lowest BCUT2D eigenvalue weighted by Gasteiger charge is -2.33. The molecule has 0 spiro atoms. The molecule has 0 aromatic heterocycles. The first-order chi connectivity index (χ1) is 17.0. The zero-order valence-corrected chi connectivity index (χ0v) is 23.7. The minimum atomic E-state index is -0.0433. The number of Topliss-reactive ketones (excluding diaryl/α,β-unsaturated/α-hetero) is 1. The molecule has 1 saturated heterocycles. The fraction of sp³-hybridized carbons (Fsp3) is 0.214. The number of urea groups is 1. The SMILES string of the molecule is CC(=O)c1ccc(CN(C(=O)N2CCOCC2)c2cccc(-c3ccc(/C=C\I)c(I)c3)c2)cc1. The highest BCUT2D eigenvalue weighted by Gasteiger charge is 2.25. The summed E-state index contributed by atoms with van der Waals surface area (Å²) in [4.78, 5) is 29.0. The molecule has 1 aliphatic rings. The van der Waals surface area contributed by atoms with Gasteiger partial charge in [-0.15, -0.1) is 0 Å². The lowest BCUT2D eigenvalue weighted by molar-refractivity contribution is 0.0548. The van der Waals surface area contributed by atoms with E-state index in [0.717, 1.165) is 22.4 Å². The van der Waals surface area contributed by atoms with Crippen molar-refractivity contribution in [1.82, 2.24) is 4.90 Å². The van der Waals surface area contributed by atoms with Gasteiger partial charge in [0.1, 0.15) is 0 Å². The number of amides is 2. The van der Waals surface area contributed by atoms with Crippen LogP contribution >= 0.6 is 45.2 Å². The van der Waals surface area contributed by atoms with Gasteiger partial charge in [0, 0.05) is 27.9 Å². The van der Waals surface area contributed by atoms with Crippen molar-refractivity contribution in [2.24, 2.45) is 0 Å². The van der Waals surface area contributed by atoms with Crippen LogP contribution in [0.3, 0.4) is 0 Å². The van der Waals surface area contributed by atoms with E-state index in [1.807, 2.05) is 50.3 Å². The van der Waals surface area contributed by atoms with Gasteiger partial charge in [0.15, 0.2) is 5.78 Å². The number of halogens is 2. The summed E-state index contributed by atoms with van der Waals surface area (Å²) in [5, 5.41) is 0. The maximum atomic E-state index is 13.6. The van der Waals surface area contributed by atoms with Crippen molar-refractivity contribution in [1.29, 1.82) is 0 Å². The molecule has 3 aromatic carbocycles. The molecular weight excluding hydrogens is 666 g/mol. The Bertz CT molecular complexity index is 1240. The number of ketones is 1. The molecule has 3 aromatic rings. The third-order valence-electron chi connectivity index (χ3n) is 5.95. The van der Waals surface area contributed by atoms with E-state index >= 15 is 0 Å². The number of carbonyl (C=O) groups excluding carboxylic acids is 2. The maximum Gasteiger partial charge on any atom is 0.324 e. The summed E-state index contributed by atoms with van der Waals surface area (Å²) in [5.41, 5.74) is 5.80. The molecule has 0 radical (unpaired) electrons. The summed E-state index contributed by atoms with van der Waals surface area (Å²) in [6.07, 6.45) is 2.09. The van der Waals surface area contributed by atoms with E-state index in [-0.39, 0.29) is 11.8 Å². The van der Waals surface area contributed by atoms with Crippen LogP contribution in [-0.2, 0) is 11.3 Å². The van der Waals surface area contributed by atoms with Gasteiger partial charge in [-0.25, -0.2) is 4.79 Å². The highest BCUT2D eigenvalue weighted by atomic mass is 127. The summed E-state index contributed by atoms with van der Waals surface area (Å²) >= 11 is 4.59. The molecule has 1 heterocycles. The average Bonchev–Trinajstić information content (AvgIpc) is 2.89. The number of anilines is 1. The number of carbonyl (C=O) groups is 2. The van der Waals surface area contributed by atoms with Crippen molar-refractivity contribution >= 4 is 68.8 Å². The average molecular weight is 692 g/mol. The van der Waals surface area contributed by atoms with Crippen LogP contribution < -0.4 is 4.90 Å². The van der Waals surface area contributed by atoms with Crippen molar-refractivity contribution in [3.63, 3.8) is 0 Å². The summed E-state index contributed by atoms with van der Waals surface area (Å²) in [6.45, 7) is 4.20. The Balaban J connectivity index is 1.68. The van der Waals surface area contributed by atoms with Crippen molar-refractivity contribution in [2.45, 2.75) is 13.5 Å². The van der Waals surface area contributed by atoms with Crippen LogP contribution in [0.15, 0.2) is 70.8 Å². The van der Waals surface area contributed by atoms with Crippen molar-refractivity contribution in [2.75, 3.05) is 31.2 Å². The lowest BCUT2D eigenvalue weighted by atomic mass is 10.0. The van der Waals surface area contributed by atoms with Gasteiger partial charge in [-0.1, -0.05) is 71.1 Å². The molecule has 35 heavy (non-hydrogen) atoms. The van der Waals surface area contributed by atoms with E-state index in [1.54, 1.807) is 6.92 Å². The molecular formula is C28H26I2N2O3. The summed E-state index contributed by atoms with van der Waals surface area (Å²) < 4.78 is 8.63. The molecule has 2 amide bonds. The second kappa shape index (κ2) is 12.1. The van der Waals surface area contributed by atoms with E-state index in [9.17, 15) is 9.59 Å². The lowest BCUT2D eigenvalue weighted by Crippen LogP contribution is -2.48. The molecule has 0 aliphatic carbocycles. The van der Waals surface area contributed by atoms with E-state index < -0.39 is 0 Å². The Labute approximate surface area is 233 Å².